The van der Waals surface area contributed by atoms with Gasteiger partial charge in [-0.2, -0.15) is 0 Å². The van der Waals surface area contributed by atoms with Gasteiger partial charge in [0, 0.05) is 0 Å². The third-order valence-corrected chi connectivity index (χ3v) is 11.0. The number of aromatic hydroxyl groups is 3. The Morgan fingerprint density at radius 1 is 0.446 bits per heavy atom. The molecule has 9 rings (SSSR count). The van der Waals surface area contributed by atoms with Gasteiger partial charge in [0.15, 0.2) is 0 Å². The van der Waals surface area contributed by atoms with Crippen LogP contribution < -0.4 is 14.2 Å². The lowest BCUT2D eigenvalue weighted by atomic mass is 9.92. The number of rotatable bonds is 3. The van der Waals surface area contributed by atoms with Gasteiger partial charge in [0.25, 0.3) is 0 Å². The molecule has 0 saturated heterocycles. The molecule has 2 unspecified atom stereocenters. The summed E-state index contributed by atoms with van der Waals surface area (Å²) in [6, 6.07) is 35.3. The van der Waals surface area contributed by atoms with E-state index < -0.39 is 0 Å². The van der Waals surface area contributed by atoms with Crippen LogP contribution in [0.25, 0.3) is 0 Å². The molecule has 6 nitrogen and oxygen atoms in total. The van der Waals surface area contributed by atoms with E-state index in [4.69, 9.17) is 14.2 Å². The van der Waals surface area contributed by atoms with Crippen molar-refractivity contribution in [3.63, 3.8) is 0 Å². The van der Waals surface area contributed by atoms with Crippen LogP contribution in [0.15, 0.2) is 115 Å². The van der Waals surface area contributed by atoms with E-state index in [-0.39, 0.29) is 29.9 Å². The molecule has 3 heterocycles. The van der Waals surface area contributed by atoms with E-state index in [0.717, 1.165) is 83.6 Å². The molecule has 0 radical (unpaired) electrons. The van der Waals surface area contributed by atoms with Crippen molar-refractivity contribution in [2.75, 3.05) is 0 Å². The molecule has 0 saturated carbocycles. The molecule has 6 aromatic rings. The molecule has 0 aliphatic carbocycles. The van der Waals surface area contributed by atoms with Gasteiger partial charge in [0.05, 0.1) is 0 Å². The molecule has 56 heavy (non-hydrogen) atoms. The molecule has 3 aliphatic heterocycles. The Bertz CT molecular complexity index is 2310. The summed E-state index contributed by atoms with van der Waals surface area (Å²) < 4.78 is 31.5. The van der Waals surface area contributed by atoms with Crippen molar-refractivity contribution in [2.45, 2.75) is 84.5 Å². The first-order chi connectivity index (χ1) is 27.0. The maximum absolute atomic E-state index is 13.4. The van der Waals surface area contributed by atoms with E-state index in [1.165, 1.54) is 33.9 Å². The summed E-state index contributed by atoms with van der Waals surface area (Å²) in [6.07, 6.45) is 5.56. The number of ether oxygens (including phenoxy) is 3. The maximum atomic E-state index is 13.4. The summed E-state index contributed by atoms with van der Waals surface area (Å²) in [5.41, 5.74) is 11.5. The fourth-order valence-electron chi connectivity index (χ4n) is 8.01. The van der Waals surface area contributed by atoms with Crippen LogP contribution in [0, 0.1) is 33.5 Å². The first-order valence-electron chi connectivity index (χ1n) is 19.4. The lowest BCUT2D eigenvalue weighted by Gasteiger charge is -2.28. The minimum atomic E-state index is -0.235. The van der Waals surface area contributed by atoms with E-state index in [9.17, 15) is 19.7 Å². The minimum Gasteiger partial charge on any atom is -0.508 e. The van der Waals surface area contributed by atoms with Crippen LogP contribution in [0.3, 0.4) is 0 Å². The normalized spacial score (nSPS) is 17.8. The van der Waals surface area contributed by atoms with Gasteiger partial charge < -0.3 is 29.5 Å². The Balaban J connectivity index is 0.000000129. The number of phenolic OH excluding ortho intramolecular Hbond substituents is 3. The van der Waals surface area contributed by atoms with Crippen LogP contribution in [-0.4, -0.2) is 15.3 Å². The molecule has 288 valence electrons. The Hall–Kier alpha value is -5.95. The van der Waals surface area contributed by atoms with Crippen LogP contribution in [-0.2, 0) is 19.3 Å². The van der Waals surface area contributed by atoms with Crippen molar-refractivity contribution in [3.05, 3.63) is 177 Å². The predicted molar refractivity (Wildman–Crippen MR) is 218 cm³/mol. The summed E-state index contributed by atoms with van der Waals surface area (Å²) in [7, 11) is 0. The number of hydrogen-bond donors (Lipinski definition) is 3. The van der Waals surface area contributed by atoms with Gasteiger partial charge in [0.1, 0.15) is 58.6 Å². The van der Waals surface area contributed by atoms with Gasteiger partial charge in [-0.1, -0.05) is 48.5 Å². The number of halogens is 1. The molecule has 0 aromatic heterocycles. The SMILES string of the molecule is Cc1ccc(F)cc1C1CCc2cc(O)ccc2O1.Cc1cccc(C)c1C1CCc2cc(O)ccc2O1.Cc1ccccc1[C@@H]1CCc2cc(O)ccc2O1. The van der Waals surface area contributed by atoms with Gasteiger partial charge >= 0.3 is 0 Å². The monoisotopic (exact) mass is 752 g/mol. The molecule has 7 heteroatoms. The number of phenols is 3. The second-order valence-corrected chi connectivity index (χ2v) is 15.0. The van der Waals surface area contributed by atoms with Crippen LogP contribution in [0.4, 0.5) is 4.39 Å². The molecule has 3 aliphatic rings. The molecule has 0 bridgehead atoms. The molecule has 0 fully saturated rings. The van der Waals surface area contributed by atoms with Crippen molar-refractivity contribution < 1.29 is 33.9 Å². The van der Waals surface area contributed by atoms with Crippen LogP contribution in [0.2, 0.25) is 0 Å². The Labute approximate surface area is 328 Å². The molecule has 0 spiro atoms. The summed E-state index contributed by atoms with van der Waals surface area (Å²) in [5, 5.41) is 28.4. The van der Waals surface area contributed by atoms with Crippen LogP contribution >= 0.6 is 0 Å². The minimum absolute atomic E-state index is 0.118. The zero-order valence-electron chi connectivity index (χ0n) is 32.4. The van der Waals surface area contributed by atoms with Gasteiger partial charge in [-0.15, -0.1) is 0 Å². The Kier molecular flexibility index (Phi) is 11.5. The third kappa shape index (κ3) is 8.78. The molecular weight excluding hydrogens is 704 g/mol. The highest BCUT2D eigenvalue weighted by molar-refractivity contribution is 5.45. The summed E-state index contributed by atoms with van der Waals surface area (Å²) >= 11 is 0. The average molecular weight is 753 g/mol. The number of aryl methyl sites for hydroxylation is 7. The summed E-state index contributed by atoms with van der Waals surface area (Å²) in [6.45, 7) is 8.35. The second-order valence-electron chi connectivity index (χ2n) is 15.0. The first kappa shape index (κ1) is 38.3. The number of fused-ring (bicyclic) bond motifs is 3. The highest BCUT2D eigenvalue weighted by atomic mass is 19.1. The van der Waals surface area contributed by atoms with Crippen molar-refractivity contribution in [1.82, 2.24) is 0 Å². The first-order valence-corrected chi connectivity index (χ1v) is 19.4. The zero-order chi connectivity index (χ0) is 39.3. The fourth-order valence-corrected chi connectivity index (χ4v) is 8.01. The highest BCUT2D eigenvalue weighted by Crippen LogP contribution is 2.40. The van der Waals surface area contributed by atoms with Crippen LogP contribution in [0.1, 0.15) is 93.2 Å². The fraction of sp³-hybridized carbons (Fsp3) is 0.265. The maximum Gasteiger partial charge on any atom is 0.125 e. The van der Waals surface area contributed by atoms with E-state index in [0.29, 0.717) is 11.5 Å². The van der Waals surface area contributed by atoms with Crippen molar-refractivity contribution >= 4 is 0 Å². The summed E-state index contributed by atoms with van der Waals surface area (Å²) in [4.78, 5) is 0. The molecule has 3 atom stereocenters. The van der Waals surface area contributed by atoms with Gasteiger partial charge in [-0.3, -0.25) is 0 Å². The lowest BCUT2D eigenvalue weighted by molar-refractivity contribution is 0.175. The van der Waals surface area contributed by atoms with Gasteiger partial charge in [-0.25, -0.2) is 4.39 Å². The second kappa shape index (κ2) is 16.8. The van der Waals surface area contributed by atoms with Gasteiger partial charge in [-0.05, 0) is 189 Å². The molecule has 6 aromatic carbocycles. The Morgan fingerprint density at radius 2 is 0.875 bits per heavy atom. The van der Waals surface area contributed by atoms with E-state index in [2.05, 4.69) is 57.2 Å². The zero-order valence-corrected chi connectivity index (χ0v) is 32.4. The average Bonchev–Trinajstić information content (AvgIpc) is 3.19. The quantitative estimate of drug-likeness (QED) is 0.167. The van der Waals surface area contributed by atoms with Crippen LogP contribution in [0.5, 0.6) is 34.5 Å². The largest absolute Gasteiger partial charge is 0.508 e. The van der Waals surface area contributed by atoms with Gasteiger partial charge in [0.2, 0.25) is 0 Å². The predicted octanol–water partition coefficient (Wildman–Crippen LogP) is 11.7. The smallest absolute Gasteiger partial charge is 0.125 e. The summed E-state index contributed by atoms with van der Waals surface area (Å²) in [5.74, 6) is 3.21. The highest BCUT2D eigenvalue weighted by Gasteiger charge is 2.26. The standard InChI is InChI=1S/C17H18O2.C16H15FO2.C16H16O2/c1-11-4-3-5-12(2)17(11)16-8-6-13-10-14(18)7-9-15(13)19-16;1-10-2-4-12(17)9-14(10)16-6-3-11-8-13(18)5-7-15(11)19-16;1-11-4-2-3-5-14(11)16-8-6-12-10-13(17)7-9-15(12)18-16/h3-5,7,9-10,16,18H,6,8H2,1-2H3;2,4-5,7-9,16,18H,3,6H2,1H3;2-5,7,9-10,16-17H,6,8H2,1H3/t;;16-/m..0/s1. The molecular formula is C49H49FO6. The van der Waals surface area contributed by atoms with E-state index >= 15 is 0 Å². The lowest BCUT2D eigenvalue weighted by Crippen LogP contribution is -2.17. The Morgan fingerprint density at radius 3 is 1.39 bits per heavy atom. The molecule has 0 amide bonds. The topological polar surface area (TPSA) is 88.4 Å². The number of benzene rings is 6. The van der Waals surface area contributed by atoms with E-state index in [1.807, 2.05) is 25.1 Å². The van der Waals surface area contributed by atoms with Crippen molar-refractivity contribution in [1.29, 1.82) is 0 Å². The van der Waals surface area contributed by atoms with Crippen molar-refractivity contribution in [2.24, 2.45) is 0 Å². The third-order valence-electron chi connectivity index (χ3n) is 11.0. The van der Waals surface area contributed by atoms with E-state index in [1.54, 1.807) is 54.6 Å². The van der Waals surface area contributed by atoms with Crippen molar-refractivity contribution in [3.8, 4) is 34.5 Å². The molecule has 3 N–H and O–H groups in total. The number of hydrogen-bond acceptors (Lipinski definition) is 6.